The zero-order valence-corrected chi connectivity index (χ0v) is 9.13. The molecule has 3 nitrogen and oxygen atoms in total. The van der Waals surface area contributed by atoms with Crippen molar-refractivity contribution >= 4 is 0 Å². The molecule has 3 heteroatoms. The van der Waals surface area contributed by atoms with E-state index in [0.717, 1.165) is 12.3 Å². The van der Waals surface area contributed by atoms with Crippen LogP contribution in [0.3, 0.4) is 0 Å². The molecule has 0 bridgehead atoms. The summed E-state index contributed by atoms with van der Waals surface area (Å²) in [7, 11) is 0. The lowest BCUT2D eigenvalue weighted by Crippen LogP contribution is -2.35. The number of nitrogens with one attached hydrogen (secondary N) is 2. The summed E-state index contributed by atoms with van der Waals surface area (Å²) in [6.45, 7) is 1.19. The van der Waals surface area contributed by atoms with Gasteiger partial charge in [0.1, 0.15) is 5.82 Å². The van der Waals surface area contributed by atoms with Gasteiger partial charge in [-0.1, -0.05) is 6.42 Å². The van der Waals surface area contributed by atoms with Crippen LogP contribution in [0.1, 0.15) is 49.5 Å². The quantitative estimate of drug-likeness (QED) is 0.792. The number of piperidine rings is 1. The largest absolute Gasteiger partial charge is 0.346 e. The summed E-state index contributed by atoms with van der Waals surface area (Å²) in [6.07, 6.45) is 9.85. The van der Waals surface area contributed by atoms with Gasteiger partial charge in [-0.2, -0.15) is 0 Å². The lowest BCUT2D eigenvalue weighted by Gasteiger charge is -2.22. The van der Waals surface area contributed by atoms with Crippen LogP contribution in [-0.4, -0.2) is 22.6 Å². The molecular formula is C12H19N3. The van der Waals surface area contributed by atoms with Crippen molar-refractivity contribution in [2.45, 2.75) is 50.5 Å². The molecule has 0 aromatic carbocycles. The molecule has 1 atom stereocenters. The molecule has 2 heterocycles. The summed E-state index contributed by atoms with van der Waals surface area (Å²) < 4.78 is 0. The molecule has 82 valence electrons. The van der Waals surface area contributed by atoms with Crippen LogP contribution in [0, 0.1) is 0 Å². The van der Waals surface area contributed by atoms with E-state index in [1.54, 1.807) is 0 Å². The Labute approximate surface area is 90.7 Å². The minimum atomic E-state index is 0.672. The fraction of sp³-hybridized carbons (Fsp3) is 0.750. The molecule has 0 spiro atoms. The minimum Gasteiger partial charge on any atom is -0.346 e. The molecule has 0 radical (unpaired) electrons. The standard InChI is InChI=1S/C12H19N3/c1-2-6-13-10(3-1)7-11-8-14-12(15-11)9-4-5-9/h8-10,13H,1-7H2,(H,14,15). The van der Waals surface area contributed by atoms with Gasteiger partial charge in [0.25, 0.3) is 0 Å². The molecule has 2 fully saturated rings. The predicted octanol–water partition coefficient (Wildman–Crippen LogP) is 1.97. The molecule has 1 aliphatic carbocycles. The Kier molecular flexibility index (Phi) is 2.49. The molecule has 15 heavy (non-hydrogen) atoms. The highest BCUT2D eigenvalue weighted by atomic mass is 15.0. The van der Waals surface area contributed by atoms with E-state index < -0.39 is 0 Å². The Balaban J connectivity index is 1.60. The van der Waals surface area contributed by atoms with E-state index in [9.17, 15) is 0 Å². The number of aromatic amines is 1. The summed E-state index contributed by atoms with van der Waals surface area (Å²) in [5, 5.41) is 3.57. The van der Waals surface area contributed by atoms with Gasteiger partial charge in [0.05, 0.1) is 0 Å². The van der Waals surface area contributed by atoms with Gasteiger partial charge in [-0.05, 0) is 32.2 Å². The van der Waals surface area contributed by atoms with Crippen LogP contribution < -0.4 is 5.32 Å². The monoisotopic (exact) mass is 205 g/mol. The van der Waals surface area contributed by atoms with Crippen molar-refractivity contribution in [2.75, 3.05) is 6.54 Å². The number of imidazole rings is 1. The zero-order chi connectivity index (χ0) is 10.1. The van der Waals surface area contributed by atoms with Gasteiger partial charge in [0, 0.05) is 30.3 Å². The van der Waals surface area contributed by atoms with Crippen LogP contribution in [0.25, 0.3) is 0 Å². The predicted molar refractivity (Wildman–Crippen MR) is 59.9 cm³/mol. The number of hydrogen-bond acceptors (Lipinski definition) is 2. The highest BCUT2D eigenvalue weighted by Crippen LogP contribution is 2.38. The Morgan fingerprint density at radius 2 is 2.20 bits per heavy atom. The first-order valence-corrected chi connectivity index (χ1v) is 6.19. The first-order chi connectivity index (χ1) is 7.42. The summed E-state index contributed by atoms with van der Waals surface area (Å²) >= 11 is 0. The van der Waals surface area contributed by atoms with Crippen LogP contribution in [0.2, 0.25) is 0 Å². The van der Waals surface area contributed by atoms with E-state index in [4.69, 9.17) is 0 Å². The summed E-state index contributed by atoms with van der Waals surface area (Å²) in [5.74, 6) is 1.97. The first kappa shape index (κ1) is 9.40. The second-order valence-electron chi connectivity index (χ2n) is 4.92. The smallest absolute Gasteiger partial charge is 0.109 e. The number of aromatic nitrogens is 2. The molecule has 2 aliphatic rings. The van der Waals surface area contributed by atoms with Gasteiger partial charge in [-0.25, -0.2) is 4.98 Å². The second-order valence-corrected chi connectivity index (χ2v) is 4.92. The highest BCUT2D eigenvalue weighted by molar-refractivity contribution is 5.11. The fourth-order valence-corrected chi connectivity index (χ4v) is 2.41. The number of hydrogen-bond donors (Lipinski definition) is 2. The van der Waals surface area contributed by atoms with Crippen molar-refractivity contribution in [1.82, 2.24) is 15.3 Å². The number of nitrogens with zero attached hydrogens (tertiary/aromatic N) is 1. The number of H-pyrrole nitrogens is 1. The molecule has 2 N–H and O–H groups in total. The number of rotatable bonds is 3. The maximum atomic E-state index is 4.46. The molecule has 3 rings (SSSR count). The van der Waals surface area contributed by atoms with E-state index in [1.165, 1.54) is 50.2 Å². The molecule has 1 aromatic rings. The Morgan fingerprint density at radius 3 is 2.93 bits per heavy atom. The van der Waals surface area contributed by atoms with Crippen LogP contribution in [0.5, 0.6) is 0 Å². The topological polar surface area (TPSA) is 40.7 Å². The normalized spacial score (nSPS) is 26.8. The lowest BCUT2D eigenvalue weighted by atomic mass is 10.0. The van der Waals surface area contributed by atoms with E-state index in [0.29, 0.717) is 6.04 Å². The van der Waals surface area contributed by atoms with Gasteiger partial charge in [-0.3, -0.25) is 0 Å². The molecule has 1 unspecified atom stereocenters. The van der Waals surface area contributed by atoms with Gasteiger partial charge in [0.2, 0.25) is 0 Å². The summed E-state index contributed by atoms with van der Waals surface area (Å²) in [6, 6.07) is 0.672. The van der Waals surface area contributed by atoms with Gasteiger partial charge in [0.15, 0.2) is 0 Å². The van der Waals surface area contributed by atoms with Crippen molar-refractivity contribution < 1.29 is 0 Å². The average Bonchev–Trinajstić information content (AvgIpc) is 3.02. The lowest BCUT2D eigenvalue weighted by molar-refractivity contribution is 0.397. The maximum absolute atomic E-state index is 4.46. The van der Waals surface area contributed by atoms with Crippen molar-refractivity contribution in [3.8, 4) is 0 Å². The van der Waals surface area contributed by atoms with Gasteiger partial charge < -0.3 is 10.3 Å². The summed E-state index contributed by atoms with van der Waals surface area (Å²) in [5.41, 5.74) is 1.32. The Morgan fingerprint density at radius 1 is 1.27 bits per heavy atom. The fourth-order valence-electron chi connectivity index (χ4n) is 2.41. The summed E-state index contributed by atoms with van der Waals surface area (Å²) in [4.78, 5) is 7.93. The molecule has 0 amide bonds. The van der Waals surface area contributed by atoms with Crippen molar-refractivity contribution in [1.29, 1.82) is 0 Å². The maximum Gasteiger partial charge on any atom is 0.109 e. The Bertz CT molecular complexity index is 321. The van der Waals surface area contributed by atoms with Gasteiger partial charge in [-0.15, -0.1) is 0 Å². The molecular weight excluding hydrogens is 186 g/mol. The molecule has 1 saturated carbocycles. The van der Waals surface area contributed by atoms with E-state index >= 15 is 0 Å². The van der Waals surface area contributed by atoms with Gasteiger partial charge >= 0.3 is 0 Å². The van der Waals surface area contributed by atoms with E-state index in [-0.39, 0.29) is 0 Å². The van der Waals surface area contributed by atoms with Crippen LogP contribution in [0.15, 0.2) is 6.20 Å². The van der Waals surface area contributed by atoms with Crippen LogP contribution in [0.4, 0.5) is 0 Å². The minimum absolute atomic E-state index is 0.672. The van der Waals surface area contributed by atoms with Crippen LogP contribution >= 0.6 is 0 Å². The second kappa shape index (κ2) is 3.97. The van der Waals surface area contributed by atoms with Crippen molar-refractivity contribution in [2.24, 2.45) is 0 Å². The van der Waals surface area contributed by atoms with Crippen molar-refractivity contribution in [3.63, 3.8) is 0 Å². The van der Waals surface area contributed by atoms with E-state index in [1.807, 2.05) is 6.20 Å². The molecule has 1 aliphatic heterocycles. The average molecular weight is 205 g/mol. The molecule has 1 saturated heterocycles. The van der Waals surface area contributed by atoms with Crippen LogP contribution in [-0.2, 0) is 6.42 Å². The molecule has 1 aromatic heterocycles. The third-order valence-corrected chi connectivity index (χ3v) is 3.49. The SMILES string of the molecule is c1nc(C2CC2)[nH]c1CC1CCCCN1. The van der Waals surface area contributed by atoms with Crippen molar-refractivity contribution in [3.05, 3.63) is 17.7 Å². The third-order valence-electron chi connectivity index (χ3n) is 3.49. The first-order valence-electron chi connectivity index (χ1n) is 6.19. The highest BCUT2D eigenvalue weighted by Gasteiger charge is 2.26. The zero-order valence-electron chi connectivity index (χ0n) is 9.13. The third kappa shape index (κ3) is 2.23. The Hall–Kier alpha value is -0.830. The van der Waals surface area contributed by atoms with E-state index in [2.05, 4.69) is 15.3 Å².